The Morgan fingerprint density at radius 1 is 1.21 bits per heavy atom. The van der Waals surface area contributed by atoms with Gasteiger partial charge in [0.2, 0.25) is 11.7 Å². The lowest BCUT2D eigenvalue weighted by molar-refractivity contribution is 0.382. The van der Waals surface area contributed by atoms with E-state index in [0.29, 0.717) is 30.4 Å². The van der Waals surface area contributed by atoms with Crippen LogP contribution in [0.5, 0.6) is 0 Å². The van der Waals surface area contributed by atoms with Crippen molar-refractivity contribution in [3.63, 3.8) is 0 Å². The number of nitrogens with one attached hydrogen (secondary N) is 1. The first-order chi connectivity index (χ1) is 14.0. The van der Waals surface area contributed by atoms with Crippen LogP contribution in [0.4, 0.5) is 0 Å². The van der Waals surface area contributed by atoms with Gasteiger partial charge in [0.05, 0.1) is 12.1 Å². The summed E-state index contributed by atoms with van der Waals surface area (Å²) in [6.07, 6.45) is 3.57. The lowest BCUT2D eigenvalue weighted by Gasteiger charge is -2.12. The Hall–Kier alpha value is -2.85. The molecule has 29 heavy (non-hydrogen) atoms. The summed E-state index contributed by atoms with van der Waals surface area (Å²) in [6, 6.07) is 14.2. The summed E-state index contributed by atoms with van der Waals surface area (Å²) in [4.78, 5) is 4.47. The molecule has 0 radical (unpaired) electrons. The first kappa shape index (κ1) is 20.9. The molecule has 0 aliphatic rings. The maximum atomic E-state index is 6.17. The van der Waals surface area contributed by atoms with Crippen molar-refractivity contribution in [2.45, 2.75) is 33.6 Å². The van der Waals surface area contributed by atoms with Gasteiger partial charge in [0.25, 0.3) is 0 Å². The SMILES string of the molecule is C=C(NCC/C(=C/C)c1cc(Cl)ccc1C)c1noc(Cc2cccc(C)c2)n1. The second-order valence-electron chi connectivity index (χ2n) is 7.11. The van der Waals surface area contributed by atoms with E-state index in [9.17, 15) is 0 Å². The van der Waals surface area contributed by atoms with Gasteiger partial charge >= 0.3 is 0 Å². The van der Waals surface area contributed by atoms with Crippen LogP contribution in [0.15, 0.2) is 59.6 Å². The Morgan fingerprint density at radius 3 is 2.79 bits per heavy atom. The number of aryl methyl sites for hydroxylation is 2. The minimum absolute atomic E-state index is 0.494. The van der Waals surface area contributed by atoms with Crippen LogP contribution in [0.1, 0.15) is 47.3 Å². The van der Waals surface area contributed by atoms with Crippen molar-refractivity contribution < 1.29 is 4.52 Å². The molecule has 1 N–H and O–H groups in total. The van der Waals surface area contributed by atoms with Crippen LogP contribution in [0.2, 0.25) is 5.02 Å². The first-order valence-electron chi connectivity index (χ1n) is 9.69. The fourth-order valence-electron chi connectivity index (χ4n) is 3.25. The van der Waals surface area contributed by atoms with Gasteiger partial charge < -0.3 is 9.84 Å². The topological polar surface area (TPSA) is 51.0 Å². The molecule has 0 aliphatic heterocycles. The summed E-state index contributed by atoms with van der Waals surface area (Å²) in [5.74, 6) is 1.07. The highest BCUT2D eigenvalue weighted by Crippen LogP contribution is 2.25. The third-order valence-electron chi connectivity index (χ3n) is 4.80. The van der Waals surface area contributed by atoms with Gasteiger partial charge in [-0.3, -0.25) is 0 Å². The lowest BCUT2D eigenvalue weighted by atomic mass is 9.98. The Balaban J connectivity index is 1.57. The van der Waals surface area contributed by atoms with Crippen LogP contribution in [-0.2, 0) is 6.42 Å². The summed E-state index contributed by atoms with van der Waals surface area (Å²) >= 11 is 6.17. The molecule has 0 atom stereocenters. The van der Waals surface area contributed by atoms with E-state index in [1.54, 1.807) is 0 Å². The third-order valence-corrected chi connectivity index (χ3v) is 5.04. The summed E-state index contributed by atoms with van der Waals surface area (Å²) in [5.41, 5.74) is 6.63. The van der Waals surface area contributed by atoms with Crippen LogP contribution in [0, 0.1) is 13.8 Å². The van der Waals surface area contributed by atoms with Crippen LogP contribution in [-0.4, -0.2) is 16.7 Å². The molecule has 1 heterocycles. The van der Waals surface area contributed by atoms with Crippen molar-refractivity contribution in [2.75, 3.05) is 6.54 Å². The Bertz CT molecular complexity index is 1040. The molecule has 0 unspecified atom stereocenters. The molecule has 0 aliphatic carbocycles. The fourth-order valence-corrected chi connectivity index (χ4v) is 3.42. The summed E-state index contributed by atoms with van der Waals surface area (Å²) in [6.45, 7) is 11.0. The van der Waals surface area contributed by atoms with Gasteiger partial charge in [0, 0.05) is 11.6 Å². The summed E-state index contributed by atoms with van der Waals surface area (Å²) in [7, 11) is 0. The minimum Gasteiger partial charge on any atom is -0.382 e. The standard InChI is InChI=1S/C24H26ClN3O/c1-5-20(22-15-21(25)10-9-17(22)3)11-12-26-18(4)24-27-23(29-28-24)14-19-8-6-7-16(2)13-19/h5-10,13,15,26H,4,11-12,14H2,1-3H3/b20-5-. The predicted molar refractivity (Wildman–Crippen MR) is 120 cm³/mol. The number of rotatable bonds is 8. The van der Waals surface area contributed by atoms with Crippen molar-refractivity contribution in [3.8, 4) is 0 Å². The van der Waals surface area contributed by atoms with E-state index in [-0.39, 0.29) is 0 Å². The van der Waals surface area contributed by atoms with Gasteiger partial charge in [0.15, 0.2) is 0 Å². The van der Waals surface area contributed by atoms with E-state index in [2.05, 4.69) is 60.2 Å². The molecule has 2 aromatic carbocycles. The second-order valence-corrected chi connectivity index (χ2v) is 7.54. The molecule has 0 bridgehead atoms. The zero-order valence-corrected chi connectivity index (χ0v) is 17.9. The minimum atomic E-state index is 0.494. The van der Waals surface area contributed by atoms with Crippen LogP contribution in [0.25, 0.3) is 11.3 Å². The van der Waals surface area contributed by atoms with Gasteiger partial charge in [-0.25, -0.2) is 0 Å². The zero-order valence-electron chi connectivity index (χ0n) is 17.1. The van der Waals surface area contributed by atoms with E-state index in [0.717, 1.165) is 17.0 Å². The van der Waals surface area contributed by atoms with Gasteiger partial charge in [-0.2, -0.15) is 4.98 Å². The number of hydrogen-bond donors (Lipinski definition) is 1. The molecule has 3 aromatic rings. The normalized spacial score (nSPS) is 11.5. The number of aromatic nitrogens is 2. The Morgan fingerprint density at radius 2 is 2.03 bits per heavy atom. The average Bonchev–Trinajstić information content (AvgIpc) is 3.16. The molecule has 0 saturated carbocycles. The van der Waals surface area contributed by atoms with Crippen molar-refractivity contribution in [1.29, 1.82) is 0 Å². The summed E-state index contributed by atoms with van der Waals surface area (Å²) in [5, 5.41) is 8.10. The smallest absolute Gasteiger partial charge is 0.231 e. The molecular formula is C24H26ClN3O. The number of benzene rings is 2. The van der Waals surface area contributed by atoms with E-state index in [1.165, 1.54) is 22.3 Å². The van der Waals surface area contributed by atoms with Crippen LogP contribution >= 0.6 is 11.6 Å². The number of halogens is 1. The highest BCUT2D eigenvalue weighted by Gasteiger charge is 2.11. The second kappa shape index (κ2) is 9.57. The van der Waals surface area contributed by atoms with Gasteiger partial charge in [0.1, 0.15) is 0 Å². The molecule has 5 heteroatoms. The Kier molecular flexibility index (Phi) is 6.89. The largest absolute Gasteiger partial charge is 0.382 e. The average molecular weight is 408 g/mol. The highest BCUT2D eigenvalue weighted by molar-refractivity contribution is 6.30. The number of allylic oxidation sites excluding steroid dienone is 1. The zero-order chi connectivity index (χ0) is 20.8. The van der Waals surface area contributed by atoms with Gasteiger partial charge in [-0.15, -0.1) is 0 Å². The highest BCUT2D eigenvalue weighted by atomic mass is 35.5. The first-order valence-corrected chi connectivity index (χ1v) is 10.1. The maximum absolute atomic E-state index is 6.17. The number of nitrogens with zero attached hydrogens (tertiary/aromatic N) is 2. The molecule has 4 nitrogen and oxygen atoms in total. The molecule has 150 valence electrons. The number of hydrogen-bond acceptors (Lipinski definition) is 4. The van der Waals surface area contributed by atoms with Gasteiger partial charge in [-0.05, 0) is 61.6 Å². The molecular weight excluding hydrogens is 382 g/mol. The van der Waals surface area contributed by atoms with E-state index < -0.39 is 0 Å². The van der Waals surface area contributed by atoms with Crippen molar-refractivity contribution in [3.05, 3.63) is 94.1 Å². The molecule has 0 saturated heterocycles. The molecule has 0 spiro atoms. The molecule has 1 aromatic heterocycles. The molecule has 3 rings (SSSR count). The van der Waals surface area contributed by atoms with Gasteiger partial charge in [-0.1, -0.05) is 65.3 Å². The quantitative estimate of drug-likeness (QED) is 0.498. The van der Waals surface area contributed by atoms with E-state index in [1.807, 2.05) is 31.2 Å². The third kappa shape index (κ3) is 5.58. The van der Waals surface area contributed by atoms with Crippen molar-refractivity contribution in [2.24, 2.45) is 0 Å². The summed E-state index contributed by atoms with van der Waals surface area (Å²) < 4.78 is 5.39. The fraction of sp³-hybridized carbons (Fsp3) is 0.250. The lowest BCUT2D eigenvalue weighted by Crippen LogP contribution is -2.14. The van der Waals surface area contributed by atoms with Crippen molar-refractivity contribution in [1.82, 2.24) is 15.5 Å². The maximum Gasteiger partial charge on any atom is 0.231 e. The van der Waals surface area contributed by atoms with Crippen LogP contribution < -0.4 is 5.32 Å². The predicted octanol–water partition coefficient (Wildman–Crippen LogP) is 5.98. The van der Waals surface area contributed by atoms with E-state index in [4.69, 9.17) is 16.1 Å². The molecule has 0 amide bonds. The van der Waals surface area contributed by atoms with Crippen molar-refractivity contribution >= 4 is 22.9 Å². The van der Waals surface area contributed by atoms with Crippen LogP contribution in [0.3, 0.4) is 0 Å². The van der Waals surface area contributed by atoms with E-state index >= 15 is 0 Å². The Labute approximate surface area is 177 Å². The molecule has 0 fully saturated rings. The monoisotopic (exact) mass is 407 g/mol.